The third-order valence-electron chi connectivity index (χ3n) is 4.98. The molecular formula is C16H21N3O5S. The number of carbonyl (C=O) groups excluding carboxylic acids is 2. The molecule has 3 rings (SSSR count). The maximum atomic E-state index is 12.4. The van der Waals surface area contributed by atoms with Crippen LogP contribution in [0.3, 0.4) is 0 Å². The van der Waals surface area contributed by atoms with Gasteiger partial charge >= 0.3 is 18.0 Å². The Morgan fingerprint density at radius 3 is 3.00 bits per heavy atom. The molecule has 1 aliphatic heterocycles. The van der Waals surface area contributed by atoms with Crippen LogP contribution in [0, 0.1) is 11.3 Å². The first-order chi connectivity index (χ1) is 11.9. The Bertz CT molecular complexity index is 691. The number of anilines is 1. The lowest BCUT2D eigenvalue weighted by Gasteiger charge is -2.23. The number of aromatic nitrogens is 1. The Morgan fingerprint density at radius 2 is 2.32 bits per heavy atom. The lowest BCUT2D eigenvalue weighted by Crippen LogP contribution is -2.38. The first-order valence-corrected chi connectivity index (χ1v) is 9.16. The molecule has 0 spiro atoms. The molecule has 8 nitrogen and oxygen atoms in total. The number of nitrogens with one attached hydrogen (secondary N) is 1. The number of esters is 1. The molecular weight excluding hydrogens is 346 g/mol. The van der Waals surface area contributed by atoms with Gasteiger partial charge in [-0.2, -0.15) is 0 Å². The predicted octanol–water partition coefficient (Wildman–Crippen LogP) is 1.97. The molecule has 1 saturated heterocycles. The molecule has 1 saturated carbocycles. The highest BCUT2D eigenvalue weighted by atomic mass is 32.1. The highest BCUT2D eigenvalue weighted by Crippen LogP contribution is 2.48. The van der Waals surface area contributed by atoms with Crippen LogP contribution in [0.1, 0.15) is 31.1 Å². The number of likely N-dealkylation sites (tertiary alicyclic amines) is 1. The molecule has 1 aromatic heterocycles. The van der Waals surface area contributed by atoms with Crippen LogP contribution in [0.2, 0.25) is 0 Å². The standard InChI is InChI=1S/C16H21N3O5S/c1-2-24-12(20)6-11-7-17-14(25-11)18-15(23)19-8-10-4-3-5-16(10,9-19)13(21)22/h7,10H,2-6,8-9H2,1H3,(H,21,22)(H,17,18,23)/t10-,16+/m0/s1. The second kappa shape index (κ2) is 6.99. The maximum absolute atomic E-state index is 12.4. The molecule has 2 N–H and O–H groups in total. The van der Waals surface area contributed by atoms with Gasteiger partial charge < -0.3 is 14.7 Å². The van der Waals surface area contributed by atoms with Crippen LogP contribution in [-0.4, -0.2) is 52.7 Å². The lowest BCUT2D eigenvalue weighted by molar-refractivity contribution is -0.149. The molecule has 0 radical (unpaired) electrons. The van der Waals surface area contributed by atoms with Crippen LogP contribution in [-0.2, 0) is 20.7 Å². The van der Waals surface area contributed by atoms with E-state index in [0.29, 0.717) is 29.6 Å². The van der Waals surface area contributed by atoms with Gasteiger partial charge in [-0.1, -0.05) is 6.42 Å². The van der Waals surface area contributed by atoms with E-state index in [1.807, 2.05) is 0 Å². The second-order valence-corrected chi connectivity index (χ2v) is 7.59. The minimum atomic E-state index is -0.809. The summed E-state index contributed by atoms with van der Waals surface area (Å²) in [5.74, 6) is -1.12. The average molecular weight is 367 g/mol. The Labute approximate surface area is 149 Å². The molecule has 0 bridgehead atoms. The summed E-state index contributed by atoms with van der Waals surface area (Å²) in [7, 11) is 0. The van der Waals surface area contributed by atoms with Gasteiger partial charge in [0.15, 0.2) is 5.13 Å². The summed E-state index contributed by atoms with van der Waals surface area (Å²) in [5.41, 5.74) is -0.796. The van der Waals surface area contributed by atoms with Crippen molar-refractivity contribution in [3.63, 3.8) is 0 Å². The topological polar surface area (TPSA) is 109 Å². The van der Waals surface area contributed by atoms with Gasteiger partial charge in [0.2, 0.25) is 0 Å². The average Bonchev–Trinajstić information content (AvgIpc) is 3.21. The number of ether oxygens (including phenoxy) is 1. The van der Waals surface area contributed by atoms with E-state index in [1.54, 1.807) is 11.8 Å². The fourth-order valence-electron chi connectivity index (χ4n) is 3.77. The minimum absolute atomic E-state index is 0.0198. The smallest absolute Gasteiger partial charge is 0.323 e. The first-order valence-electron chi connectivity index (χ1n) is 8.34. The van der Waals surface area contributed by atoms with Crippen LogP contribution in [0.15, 0.2) is 6.20 Å². The fraction of sp³-hybridized carbons (Fsp3) is 0.625. The van der Waals surface area contributed by atoms with Crippen LogP contribution in [0.4, 0.5) is 9.93 Å². The third kappa shape index (κ3) is 3.46. The van der Waals surface area contributed by atoms with Gasteiger partial charge in [-0.05, 0) is 25.7 Å². The van der Waals surface area contributed by atoms with E-state index in [0.717, 1.165) is 12.8 Å². The Balaban J connectivity index is 1.59. The number of carboxylic acids is 1. The molecule has 0 unspecified atom stereocenters. The number of carboxylic acid groups (broad SMARTS) is 1. The third-order valence-corrected chi connectivity index (χ3v) is 5.89. The minimum Gasteiger partial charge on any atom is -0.481 e. The summed E-state index contributed by atoms with van der Waals surface area (Å²) < 4.78 is 4.88. The molecule has 2 heterocycles. The Kier molecular flexibility index (Phi) is 4.94. The molecule has 25 heavy (non-hydrogen) atoms. The van der Waals surface area contributed by atoms with Gasteiger partial charge in [-0.15, -0.1) is 11.3 Å². The van der Waals surface area contributed by atoms with E-state index in [1.165, 1.54) is 17.5 Å². The highest BCUT2D eigenvalue weighted by Gasteiger charge is 2.55. The van der Waals surface area contributed by atoms with Gasteiger partial charge in [-0.25, -0.2) is 9.78 Å². The van der Waals surface area contributed by atoms with Crippen molar-refractivity contribution in [2.24, 2.45) is 11.3 Å². The van der Waals surface area contributed by atoms with Crippen LogP contribution < -0.4 is 5.32 Å². The number of hydrogen-bond acceptors (Lipinski definition) is 6. The number of hydrogen-bond donors (Lipinski definition) is 2. The second-order valence-electron chi connectivity index (χ2n) is 6.47. The monoisotopic (exact) mass is 367 g/mol. The SMILES string of the molecule is CCOC(=O)Cc1cnc(NC(=O)N2C[C@@H]3CCC[C@@]3(C(=O)O)C2)s1. The van der Waals surface area contributed by atoms with Crippen molar-refractivity contribution in [2.45, 2.75) is 32.6 Å². The quantitative estimate of drug-likeness (QED) is 0.770. The summed E-state index contributed by atoms with van der Waals surface area (Å²) >= 11 is 1.21. The molecule has 0 aromatic carbocycles. The number of nitrogens with zero attached hydrogens (tertiary/aromatic N) is 2. The Hall–Kier alpha value is -2.16. The fourth-order valence-corrected chi connectivity index (χ4v) is 4.55. The van der Waals surface area contributed by atoms with Crippen LogP contribution >= 0.6 is 11.3 Å². The van der Waals surface area contributed by atoms with Gasteiger partial charge in [0.1, 0.15) is 0 Å². The highest BCUT2D eigenvalue weighted by molar-refractivity contribution is 7.15. The molecule has 9 heteroatoms. The van der Waals surface area contributed by atoms with E-state index in [2.05, 4.69) is 10.3 Å². The number of urea groups is 1. The van der Waals surface area contributed by atoms with E-state index in [9.17, 15) is 19.5 Å². The number of thiazole rings is 1. The molecule has 136 valence electrons. The number of rotatable bonds is 5. The van der Waals surface area contributed by atoms with Gasteiger partial charge in [0.05, 0.1) is 18.4 Å². The number of fused-ring (bicyclic) bond motifs is 1. The van der Waals surface area contributed by atoms with Crippen molar-refractivity contribution >= 4 is 34.4 Å². The summed E-state index contributed by atoms with van der Waals surface area (Å²) in [6, 6.07) is -0.341. The first kappa shape index (κ1) is 17.7. The van der Waals surface area contributed by atoms with Gasteiger partial charge in [0.25, 0.3) is 0 Å². The van der Waals surface area contributed by atoms with Gasteiger partial charge in [-0.3, -0.25) is 14.9 Å². The molecule has 2 amide bonds. The Morgan fingerprint density at radius 1 is 1.52 bits per heavy atom. The van der Waals surface area contributed by atoms with Crippen molar-refractivity contribution in [3.05, 3.63) is 11.1 Å². The zero-order chi connectivity index (χ0) is 18.0. The molecule has 2 fully saturated rings. The number of carbonyl (C=O) groups is 3. The summed E-state index contributed by atoms with van der Waals surface area (Å²) in [5, 5.41) is 12.7. The van der Waals surface area contributed by atoms with Crippen molar-refractivity contribution in [1.82, 2.24) is 9.88 Å². The van der Waals surface area contributed by atoms with E-state index in [-0.39, 0.29) is 30.9 Å². The van der Waals surface area contributed by atoms with Crippen molar-refractivity contribution in [1.29, 1.82) is 0 Å². The predicted molar refractivity (Wildman–Crippen MR) is 90.5 cm³/mol. The summed E-state index contributed by atoms with van der Waals surface area (Å²) in [4.78, 5) is 42.0. The lowest BCUT2D eigenvalue weighted by atomic mass is 9.81. The largest absolute Gasteiger partial charge is 0.481 e. The van der Waals surface area contributed by atoms with E-state index < -0.39 is 11.4 Å². The number of amides is 2. The van der Waals surface area contributed by atoms with Crippen LogP contribution in [0.25, 0.3) is 0 Å². The number of aliphatic carboxylic acids is 1. The zero-order valence-corrected chi connectivity index (χ0v) is 14.8. The molecule has 2 atom stereocenters. The van der Waals surface area contributed by atoms with Crippen molar-refractivity contribution in [3.8, 4) is 0 Å². The van der Waals surface area contributed by atoms with Crippen molar-refractivity contribution in [2.75, 3.05) is 25.0 Å². The molecule has 1 aromatic rings. The van der Waals surface area contributed by atoms with E-state index in [4.69, 9.17) is 4.74 Å². The maximum Gasteiger partial charge on any atom is 0.323 e. The zero-order valence-electron chi connectivity index (χ0n) is 14.0. The molecule has 1 aliphatic carbocycles. The summed E-state index contributed by atoms with van der Waals surface area (Å²) in [6.07, 6.45) is 4.02. The van der Waals surface area contributed by atoms with Gasteiger partial charge in [0, 0.05) is 24.2 Å². The molecule has 2 aliphatic rings. The van der Waals surface area contributed by atoms with Crippen LogP contribution in [0.5, 0.6) is 0 Å². The van der Waals surface area contributed by atoms with E-state index >= 15 is 0 Å². The van der Waals surface area contributed by atoms with Crippen molar-refractivity contribution < 1.29 is 24.2 Å². The summed E-state index contributed by atoms with van der Waals surface area (Å²) in [6.45, 7) is 2.76. The normalized spacial score (nSPS) is 24.8.